The molecule has 1 aromatic heterocycles. The van der Waals surface area contributed by atoms with Crippen LogP contribution < -0.4 is 5.32 Å². The van der Waals surface area contributed by atoms with E-state index < -0.39 is 0 Å². The van der Waals surface area contributed by atoms with Gasteiger partial charge in [-0.2, -0.15) is 0 Å². The zero-order valence-corrected chi connectivity index (χ0v) is 11.8. The van der Waals surface area contributed by atoms with Gasteiger partial charge in [0.15, 0.2) is 0 Å². The Kier molecular flexibility index (Phi) is 3.35. The quantitative estimate of drug-likeness (QED) is 0.906. The molecular weight excluding hydrogens is 250 g/mol. The first-order valence-electron chi connectivity index (χ1n) is 7.09. The van der Waals surface area contributed by atoms with E-state index in [-0.39, 0.29) is 17.7 Å². The van der Waals surface area contributed by atoms with Gasteiger partial charge >= 0.3 is 0 Å². The lowest BCUT2D eigenvalue weighted by molar-refractivity contribution is -0.117. The molecular formula is C17H19NO2. The summed E-state index contributed by atoms with van der Waals surface area (Å²) < 4.78 is 5.36. The van der Waals surface area contributed by atoms with Gasteiger partial charge in [0, 0.05) is 17.5 Å². The SMILES string of the molecule is CC(C)c1cccc(NC(=O)C2CC2c2ccco2)c1. The average molecular weight is 269 g/mol. The van der Waals surface area contributed by atoms with Crippen molar-refractivity contribution in [3.63, 3.8) is 0 Å². The number of furan rings is 1. The van der Waals surface area contributed by atoms with Gasteiger partial charge in [-0.25, -0.2) is 0 Å². The predicted molar refractivity (Wildman–Crippen MR) is 78.7 cm³/mol. The van der Waals surface area contributed by atoms with E-state index in [1.807, 2.05) is 30.3 Å². The van der Waals surface area contributed by atoms with Gasteiger partial charge in [0.2, 0.25) is 5.91 Å². The number of carbonyl (C=O) groups is 1. The van der Waals surface area contributed by atoms with Crippen LogP contribution in [0.5, 0.6) is 0 Å². The number of hydrogen-bond donors (Lipinski definition) is 1. The first-order chi connectivity index (χ1) is 9.65. The number of hydrogen-bond acceptors (Lipinski definition) is 2. The van der Waals surface area contributed by atoms with Crippen molar-refractivity contribution < 1.29 is 9.21 Å². The van der Waals surface area contributed by atoms with E-state index in [2.05, 4.69) is 25.2 Å². The third-order valence-corrected chi connectivity index (χ3v) is 3.86. The highest BCUT2D eigenvalue weighted by molar-refractivity contribution is 5.95. The van der Waals surface area contributed by atoms with E-state index in [0.29, 0.717) is 5.92 Å². The normalized spacial score (nSPS) is 20.9. The van der Waals surface area contributed by atoms with Gasteiger partial charge in [-0.05, 0) is 42.2 Å². The second-order valence-corrected chi connectivity index (χ2v) is 5.73. The van der Waals surface area contributed by atoms with Gasteiger partial charge in [-0.15, -0.1) is 0 Å². The van der Waals surface area contributed by atoms with Crippen LogP contribution in [0.15, 0.2) is 47.1 Å². The molecule has 2 atom stereocenters. The maximum atomic E-state index is 12.2. The zero-order valence-electron chi connectivity index (χ0n) is 11.8. The Morgan fingerprint density at radius 3 is 2.85 bits per heavy atom. The molecule has 1 amide bonds. The molecule has 0 aliphatic heterocycles. The van der Waals surface area contributed by atoms with Gasteiger partial charge in [0.05, 0.1) is 6.26 Å². The summed E-state index contributed by atoms with van der Waals surface area (Å²) in [6.07, 6.45) is 2.54. The van der Waals surface area contributed by atoms with E-state index in [9.17, 15) is 4.79 Å². The zero-order chi connectivity index (χ0) is 14.1. The third-order valence-electron chi connectivity index (χ3n) is 3.86. The average Bonchev–Trinajstić information content (AvgIpc) is 3.05. The Balaban J connectivity index is 1.64. The topological polar surface area (TPSA) is 42.2 Å². The van der Waals surface area contributed by atoms with Crippen LogP contribution in [0.1, 0.15) is 43.4 Å². The van der Waals surface area contributed by atoms with E-state index in [0.717, 1.165) is 17.9 Å². The fourth-order valence-corrected chi connectivity index (χ4v) is 2.51. The van der Waals surface area contributed by atoms with Crippen LogP contribution in [0.25, 0.3) is 0 Å². The molecule has 3 heteroatoms. The number of benzene rings is 1. The molecule has 0 spiro atoms. The van der Waals surface area contributed by atoms with Crippen molar-refractivity contribution in [3.8, 4) is 0 Å². The standard InChI is InChI=1S/C17H19NO2/c1-11(2)12-5-3-6-13(9-12)18-17(19)15-10-14(15)16-7-4-8-20-16/h3-9,11,14-15H,10H2,1-2H3,(H,18,19). The Hall–Kier alpha value is -2.03. The lowest BCUT2D eigenvalue weighted by Crippen LogP contribution is -2.14. The molecule has 3 rings (SSSR count). The van der Waals surface area contributed by atoms with Gasteiger partial charge in [-0.1, -0.05) is 26.0 Å². The van der Waals surface area contributed by atoms with Gasteiger partial charge in [0.1, 0.15) is 5.76 Å². The van der Waals surface area contributed by atoms with Crippen LogP contribution in [0.2, 0.25) is 0 Å². The Morgan fingerprint density at radius 2 is 2.15 bits per heavy atom. The van der Waals surface area contributed by atoms with Crippen molar-refractivity contribution >= 4 is 11.6 Å². The molecule has 0 radical (unpaired) electrons. The minimum atomic E-state index is 0.0452. The Labute approximate surface area is 119 Å². The van der Waals surface area contributed by atoms with Crippen LogP contribution in [-0.4, -0.2) is 5.91 Å². The molecule has 0 bridgehead atoms. The molecule has 3 nitrogen and oxygen atoms in total. The molecule has 2 aromatic rings. The van der Waals surface area contributed by atoms with Crippen LogP contribution in [0.4, 0.5) is 5.69 Å². The highest BCUT2D eigenvalue weighted by Crippen LogP contribution is 2.48. The lowest BCUT2D eigenvalue weighted by atomic mass is 10.0. The first-order valence-corrected chi connectivity index (χ1v) is 7.09. The minimum Gasteiger partial charge on any atom is -0.469 e. The highest BCUT2D eigenvalue weighted by atomic mass is 16.3. The maximum absolute atomic E-state index is 12.2. The molecule has 104 valence electrons. The lowest BCUT2D eigenvalue weighted by Gasteiger charge is -2.09. The first kappa shape index (κ1) is 13.0. The number of rotatable bonds is 4. The Bertz CT molecular complexity index is 601. The summed E-state index contributed by atoms with van der Waals surface area (Å²) in [7, 11) is 0. The van der Waals surface area contributed by atoms with Crippen LogP contribution >= 0.6 is 0 Å². The van der Waals surface area contributed by atoms with Crippen molar-refractivity contribution in [2.75, 3.05) is 5.32 Å². The van der Waals surface area contributed by atoms with Crippen LogP contribution in [0.3, 0.4) is 0 Å². The van der Waals surface area contributed by atoms with E-state index in [1.54, 1.807) is 6.26 Å². The van der Waals surface area contributed by atoms with Crippen molar-refractivity contribution in [1.82, 2.24) is 0 Å². The van der Waals surface area contributed by atoms with Crippen molar-refractivity contribution in [3.05, 3.63) is 54.0 Å². The molecule has 20 heavy (non-hydrogen) atoms. The number of anilines is 1. The van der Waals surface area contributed by atoms with Crippen molar-refractivity contribution in [1.29, 1.82) is 0 Å². The predicted octanol–water partition coefficient (Wildman–Crippen LogP) is 4.15. The van der Waals surface area contributed by atoms with Gasteiger partial charge < -0.3 is 9.73 Å². The molecule has 1 heterocycles. The van der Waals surface area contributed by atoms with Crippen LogP contribution in [-0.2, 0) is 4.79 Å². The summed E-state index contributed by atoms with van der Waals surface area (Å²) in [5.74, 6) is 1.76. The third kappa shape index (κ3) is 2.62. The number of nitrogens with one attached hydrogen (secondary N) is 1. The monoisotopic (exact) mass is 269 g/mol. The largest absolute Gasteiger partial charge is 0.469 e. The molecule has 1 fully saturated rings. The summed E-state index contributed by atoms with van der Waals surface area (Å²) in [4.78, 5) is 12.2. The summed E-state index contributed by atoms with van der Waals surface area (Å²) in [6.45, 7) is 4.30. The van der Waals surface area contributed by atoms with E-state index in [1.165, 1.54) is 5.56 Å². The number of carbonyl (C=O) groups excluding carboxylic acids is 1. The van der Waals surface area contributed by atoms with Gasteiger partial charge in [-0.3, -0.25) is 4.79 Å². The summed E-state index contributed by atoms with van der Waals surface area (Å²) >= 11 is 0. The van der Waals surface area contributed by atoms with E-state index in [4.69, 9.17) is 4.42 Å². The van der Waals surface area contributed by atoms with E-state index >= 15 is 0 Å². The molecule has 1 aliphatic carbocycles. The highest BCUT2D eigenvalue weighted by Gasteiger charge is 2.45. The second-order valence-electron chi connectivity index (χ2n) is 5.73. The molecule has 2 unspecified atom stereocenters. The number of amides is 1. The second kappa shape index (κ2) is 5.16. The summed E-state index contributed by atoms with van der Waals surface area (Å²) in [5, 5.41) is 3.01. The summed E-state index contributed by atoms with van der Waals surface area (Å²) in [6, 6.07) is 11.9. The fraction of sp³-hybridized carbons (Fsp3) is 0.353. The van der Waals surface area contributed by atoms with Crippen molar-refractivity contribution in [2.24, 2.45) is 5.92 Å². The smallest absolute Gasteiger partial charge is 0.228 e. The Morgan fingerprint density at radius 1 is 1.30 bits per heavy atom. The van der Waals surface area contributed by atoms with Crippen molar-refractivity contribution in [2.45, 2.75) is 32.1 Å². The molecule has 1 N–H and O–H groups in total. The molecule has 0 saturated heterocycles. The fourth-order valence-electron chi connectivity index (χ4n) is 2.51. The summed E-state index contributed by atoms with van der Waals surface area (Å²) in [5.41, 5.74) is 2.12. The maximum Gasteiger partial charge on any atom is 0.228 e. The molecule has 1 aromatic carbocycles. The molecule has 1 aliphatic rings. The molecule has 1 saturated carbocycles. The van der Waals surface area contributed by atoms with Crippen LogP contribution in [0, 0.1) is 5.92 Å². The van der Waals surface area contributed by atoms with Gasteiger partial charge in [0.25, 0.3) is 0 Å². The minimum absolute atomic E-state index is 0.0452.